The van der Waals surface area contributed by atoms with Crippen molar-refractivity contribution >= 4 is 9.84 Å². The summed E-state index contributed by atoms with van der Waals surface area (Å²) in [5.41, 5.74) is 9.29. The van der Waals surface area contributed by atoms with E-state index in [0.29, 0.717) is 5.75 Å². The van der Waals surface area contributed by atoms with Crippen molar-refractivity contribution in [3.05, 3.63) is 29.1 Å². The molecule has 2 N–H and O–H groups in total. The van der Waals surface area contributed by atoms with Gasteiger partial charge in [-0.15, -0.1) is 0 Å². The first-order valence-corrected chi connectivity index (χ1v) is 8.29. The lowest BCUT2D eigenvalue weighted by molar-refractivity contribution is 0.553. The predicted molar refractivity (Wildman–Crippen MR) is 70.2 cm³/mol. The Labute approximate surface area is 108 Å². The van der Waals surface area contributed by atoms with Gasteiger partial charge in [-0.1, -0.05) is 6.07 Å². The van der Waals surface area contributed by atoms with E-state index in [1.165, 1.54) is 5.56 Å². The highest BCUT2D eigenvalue weighted by Crippen LogP contribution is 2.30. The summed E-state index contributed by atoms with van der Waals surface area (Å²) in [7, 11) is -2.86. The number of hydrogen-bond donors (Lipinski definition) is 1. The number of pyridine rings is 1. The third-order valence-corrected chi connectivity index (χ3v) is 5.77. The second-order valence-electron chi connectivity index (χ2n) is 5.50. The van der Waals surface area contributed by atoms with Gasteiger partial charge in [0.05, 0.1) is 11.5 Å². The molecule has 2 atom stereocenters. The maximum atomic E-state index is 11.7. The van der Waals surface area contributed by atoms with Gasteiger partial charge in [-0.05, 0) is 36.3 Å². The first kappa shape index (κ1) is 12.1. The Balaban J connectivity index is 1.87. The SMILES string of the molecule is NC1Cc2cc(C3CCCS(=O)(=O)C3)cnc2C1. The molecule has 0 amide bonds. The summed E-state index contributed by atoms with van der Waals surface area (Å²) in [6, 6.07) is 2.30. The fourth-order valence-electron chi connectivity index (χ4n) is 3.03. The summed E-state index contributed by atoms with van der Waals surface area (Å²) < 4.78 is 23.4. The van der Waals surface area contributed by atoms with Crippen LogP contribution in [0.5, 0.6) is 0 Å². The zero-order chi connectivity index (χ0) is 12.8. The molecule has 1 aliphatic heterocycles. The van der Waals surface area contributed by atoms with Crippen LogP contribution in [0, 0.1) is 0 Å². The molecule has 1 aliphatic carbocycles. The quantitative estimate of drug-likeness (QED) is 0.816. The molecule has 1 saturated heterocycles. The molecule has 5 heteroatoms. The summed E-state index contributed by atoms with van der Waals surface area (Å²) in [4.78, 5) is 4.46. The molecule has 0 spiro atoms. The zero-order valence-corrected chi connectivity index (χ0v) is 11.1. The maximum Gasteiger partial charge on any atom is 0.150 e. The Hall–Kier alpha value is -0.940. The Morgan fingerprint density at radius 2 is 2.17 bits per heavy atom. The van der Waals surface area contributed by atoms with Crippen LogP contribution >= 0.6 is 0 Å². The van der Waals surface area contributed by atoms with Crippen molar-refractivity contribution in [3.63, 3.8) is 0 Å². The molecular weight excluding hydrogens is 248 g/mol. The Morgan fingerprint density at radius 1 is 1.33 bits per heavy atom. The number of hydrogen-bond acceptors (Lipinski definition) is 4. The number of sulfone groups is 1. The molecule has 18 heavy (non-hydrogen) atoms. The minimum Gasteiger partial charge on any atom is -0.327 e. The fraction of sp³-hybridized carbons (Fsp3) is 0.615. The van der Waals surface area contributed by atoms with Gasteiger partial charge in [-0.2, -0.15) is 0 Å². The zero-order valence-electron chi connectivity index (χ0n) is 10.3. The molecule has 1 aromatic rings. The van der Waals surface area contributed by atoms with Crippen molar-refractivity contribution in [1.29, 1.82) is 0 Å². The summed E-state index contributed by atoms with van der Waals surface area (Å²) in [6.07, 6.45) is 5.28. The summed E-state index contributed by atoms with van der Waals surface area (Å²) in [5, 5.41) is 0. The average molecular weight is 266 g/mol. The molecule has 1 aromatic heterocycles. The van der Waals surface area contributed by atoms with Gasteiger partial charge < -0.3 is 5.73 Å². The summed E-state index contributed by atoms with van der Waals surface area (Å²) in [5.74, 6) is 0.741. The van der Waals surface area contributed by atoms with E-state index in [1.54, 1.807) is 0 Å². The van der Waals surface area contributed by atoms with E-state index in [9.17, 15) is 8.42 Å². The van der Waals surface area contributed by atoms with Crippen LogP contribution in [0.15, 0.2) is 12.3 Å². The highest BCUT2D eigenvalue weighted by Gasteiger charge is 2.27. The Bertz CT molecular complexity index is 568. The first-order chi connectivity index (χ1) is 8.53. The normalized spacial score (nSPS) is 30.1. The van der Waals surface area contributed by atoms with Crippen molar-refractivity contribution in [3.8, 4) is 0 Å². The van der Waals surface area contributed by atoms with Gasteiger partial charge in [0.25, 0.3) is 0 Å². The third kappa shape index (κ3) is 2.29. The van der Waals surface area contributed by atoms with E-state index in [4.69, 9.17) is 5.73 Å². The summed E-state index contributed by atoms with van der Waals surface area (Å²) in [6.45, 7) is 0. The minimum absolute atomic E-state index is 0.123. The minimum atomic E-state index is -2.86. The van der Waals surface area contributed by atoms with E-state index in [-0.39, 0.29) is 17.7 Å². The lowest BCUT2D eigenvalue weighted by Gasteiger charge is -2.22. The van der Waals surface area contributed by atoms with Crippen molar-refractivity contribution in [2.75, 3.05) is 11.5 Å². The lowest BCUT2D eigenvalue weighted by atomic mass is 9.96. The van der Waals surface area contributed by atoms with Gasteiger partial charge in [-0.3, -0.25) is 4.98 Å². The molecule has 0 radical (unpaired) electrons. The van der Waals surface area contributed by atoms with Gasteiger partial charge in [0, 0.05) is 24.4 Å². The molecule has 4 nitrogen and oxygen atoms in total. The van der Waals surface area contributed by atoms with Crippen molar-refractivity contribution in [2.45, 2.75) is 37.6 Å². The highest BCUT2D eigenvalue weighted by molar-refractivity contribution is 7.91. The standard InChI is InChI=1S/C13H18N2O2S/c14-12-5-10-4-11(7-15-13(10)6-12)9-2-1-3-18(16,17)8-9/h4,7,9,12H,1-3,5-6,8,14H2. The van der Waals surface area contributed by atoms with Crippen LogP contribution in [0.25, 0.3) is 0 Å². The van der Waals surface area contributed by atoms with Crippen LogP contribution in [-0.4, -0.2) is 30.9 Å². The number of nitrogens with two attached hydrogens (primary N) is 1. The van der Waals surface area contributed by atoms with E-state index in [1.807, 2.05) is 6.20 Å². The topological polar surface area (TPSA) is 73.1 Å². The van der Waals surface area contributed by atoms with Gasteiger partial charge in [0.1, 0.15) is 0 Å². The van der Waals surface area contributed by atoms with Crippen LogP contribution in [0.2, 0.25) is 0 Å². The van der Waals surface area contributed by atoms with Crippen LogP contribution in [-0.2, 0) is 22.7 Å². The first-order valence-electron chi connectivity index (χ1n) is 6.47. The Morgan fingerprint density at radius 3 is 2.94 bits per heavy atom. The van der Waals surface area contributed by atoms with Crippen LogP contribution in [0.3, 0.4) is 0 Å². The molecule has 0 aromatic carbocycles. The van der Waals surface area contributed by atoms with Crippen molar-refractivity contribution in [2.24, 2.45) is 5.73 Å². The van der Waals surface area contributed by atoms with Crippen molar-refractivity contribution < 1.29 is 8.42 Å². The molecule has 1 fully saturated rings. The number of aromatic nitrogens is 1. The molecule has 2 unspecified atom stereocenters. The van der Waals surface area contributed by atoms with Crippen molar-refractivity contribution in [1.82, 2.24) is 4.98 Å². The number of rotatable bonds is 1. The number of nitrogens with zero attached hydrogens (tertiary/aromatic N) is 1. The lowest BCUT2D eigenvalue weighted by Crippen LogP contribution is -2.23. The van der Waals surface area contributed by atoms with E-state index in [0.717, 1.165) is 36.9 Å². The van der Waals surface area contributed by atoms with Gasteiger partial charge in [0.2, 0.25) is 0 Å². The van der Waals surface area contributed by atoms with Gasteiger partial charge in [-0.25, -0.2) is 8.42 Å². The Kier molecular flexibility index (Phi) is 2.90. The molecule has 2 aliphatic rings. The average Bonchev–Trinajstić information content (AvgIpc) is 2.66. The monoisotopic (exact) mass is 266 g/mol. The maximum absolute atomic E-state index is 11.7. The smallest absolute Gasteiger partial charge is 0.150 e. The van der Waals surface area contributed by atoms with E-state index >= 15 is 0 Å². The second kappa shape index (κ2) is 4.31. The second-order valence-corrected chi connectivity index (χ2v) is 7.73. The predicted octanol–water partition coefficient (Wildman–Crippen LogP) is 0.800. The number of fused-ring (bicyclic) bond motifs is 1. The third-order valence-electron chi connectivity index (χ3n) is 3.95. The molecule has 2 heterocycles. The van der Waals surface area contributed by atoms with Crippen LogP contribution in [0.4, 0.5) is 0 Å². The molecule has 98 valence electrons. The van der Waals surface area contributed by atoms with Crippen LogP contribution in [0.1, 0.15) is 35.6 Å². The summed E-state index contributed by atoms with van der Waals surface area (Å²) >= 11 is 0. The van der Waals surface area contributed by atoms with Crippen LogP contribution < -0.4 is 5.73 Å². The molecule has 0 bridgehead atoms. The van der Waals surface area contributed by atoms with Gasteiger partial charge >= 0.3 is 0 Å². The molecule has 0 saturated carbocycles. The molecular formula is C13H18N2O2S. The van der Waals surface area contributed by atoms with E-state index < -0.39 is 9.84 Å². The fourth-order valence-corrected chi connectivity index (χ4v) is 4.77. The highest BCUT2D eigenvalue weighted by atomic mass is 32.2. The van der Waals surface area contributed by atoms with E-state index in [2.05, 4.69) is 11.1 Å². The van der Waals surface area contributed by atoms with Gasteiger partial charge in [0.15, 0.2) is 9.84 Å². The largest absolute Gasteiger partial charge is 0.327 e. The molecule has 3 rings (SSSR count).